The van der Waals surface area contributed by atoms with Crippen LogP contribution in [-0.4, -0.2) is 92.7 Å². The van der Waals surface area contributed by atoms with Gasteiger partial charge in [0.1, 0.15) is 0 Å². The van der Waals surface area contributed by atoms with E-state index >= 15 is 0 Å². The van der Waals surface area contributed by atoms with E-state index in [1.54, 1.807) is 11.2 Å². The Kier molecular flexibility index (Phi) is 14.3. The maximum atomic E-state index is 5.66. The van der Waals surface area contributed by atoms with Crippen molar-refractivity contribution in [2.24, 2.45) is 16.1 Å². The van der Waals surface area contributed by atoms with Crippen molar-refractivity contribution in [3.05, 3.63) is 48.6 Å². The van der Waals surface area contributed by atoms with E-state index in [0.717, 1.165) is 76.6 Å². The average molecular weight is 433 g/mol. The highest BCUT2D eigenvalue weighted by atomic mass is 15.5. The summed E-state index contributed by atoms with van der Waals surface area (Å²) in [6.07, 6.45) is 11.9. The van der Waals surface area contributed by atoms with E-state index in [9.17, 15) is 0 Å². The second kappa shape index (κ2) is 16.5. The van der Waals surface area contributed by atoms with Crippen molar-refractivity contribution in [2.45, 2.75) is 26.7 Å². The number of nitrogens with zero attached hydrogens (tertiary/aromatic N) is 6. The van der Waals surface area contributed by atoms with Gasteiger partial charge in [-0.2, -0.15) is 0 Å². The molecule has 1 fully saturated rings. The quantitative estimate of drug-likeness (QED) is 0.179. The third-order valence-corrected chi connectivity index (χ3v) is 5.25. The molecule has 0 bridgehead atoms. The molecule has 8 heteroatoms. The van der Waals surface area contributed by atoms with Crippen molar-refractivity contribution >= 4 is 0 Å². The molecule has 0 unspecified atom stereocenters. The lowest BCUT2D eigenvalue weighted by atomic mass is 10.2. The van der Waals surface area contributed by atoms with E-state index < -0.39 is 0 Å². The van der Waals surface area contributed by atoms with Crippen LogP contribution in [0.25, 0.3) is 0 Å². The number of nitrogens with one attached hydrogen (secondary N) is 1. The number of likely N-dealkylation sites (N-methyl/N-ethyl adjacent to an activating group) is 2. The fourth-order valence-corrected chi connectivity index (χ4v) is 3.34. The zero-order valence-electron chi connectivity index (χ0n) is 20.1. The first-order valence-corrected chi connectivity index (χ1v) is 11.4. The molecule has 0 radical (unpaired) electrons. The monoisotopic (exact) mass is 432 g/mol. The van der Waals surface area contributed by atoms with Crippen molar-refractivity contribution in [1.29, 1.82) is 0 Å². The summed E-state index contributed by atoms with van der Waals surface area (Å²) in [5.41, 5.74) is 7.66. The summed E-state index contributed by atoms with van der Waals surface area (Å²) in [5.74, 6) is 0. The molecular weight excluding hydrogens is 388 g/mol. The summed E-state index contributed by atoms with van der Waals surface area (Å²) in [6, 6.07) is 0. The molecule has 0 aromatic rings. The Balaban J connectivity index is 2.32. The van der Waals surface area contributed by atoms with E-state index in [1.165, 1.54) is 0 Å². The number of hydrogen-bond acceptors (Lipinski definition) is 7. The minimum absolute atomic E-state index is 0.717. The third-order valence-electron chi connectivity index (χ3n) is 5.25. The number of allylic oxidation sites excluding steroid dienone is 3. The molecule has 1 heterocycles. The van der Waals surface area contributed by atoms with Gasteiger partial charge in [0, 0.05) is 64.8 Å². The van der Waals surface area contributed by atoms with Crippen LogP contribution in [0.2, 0.25) is 0 Å². The van der Waals surface area contributed by atoms with Gasteiger partial charge in [-0.1, -0.05) is 24.8 Å². The van der Waals surface area contributed by atoms with E-state index in [1.807, 2.05) is 32.3 Å². The smallest absolute Gasteiger partial charge is 0.0669 e. The van der Waals surface area contributed by atoms with Crippen LogP contribution in [0.15, 0.2) is 58.9 Å². The molecule has 176 valence electrons. The predicted molar refractivity (Wildman–Crippen MR) is 131 cm³/mol. The van der Waals surface area contributed by atoms with E-state index in [-0.39, 0.29) is 0 Å². The lowest BCUT2D eigenvalue weighted by Gasteiger charge is -2.34. The van der Waals surface area contributed by atoms with Gasteiger partial charge in [0.05, 0.1) is 11.9 Å². The maximum absolute atomic E-state index is 5.66. The lowest BCUT2D eigenvalue weighted by molar-refractivity contribution is 0.190. The summed E-state index contributed by atoms with van der Waals surface area (Å²) in [5, 5.41) is 13.4. The SMILES string of the molecule is C=C(/C=C\C(=C/C)N(C)/N=N\C=C\NCCCN(CCC)CCN)N1CCN(C)CC1. The Morgan fingerprint density at radius 1 is 1.16 bits per heavy atom. The van der Waals surface area contributed by atoms with Crippen molar-refractivity contribution in [2.75, 3.05) is 73.0 Å². The molecule has 0 saturated carbocycles. The summed E-state index contributed by atoms with van der Waals surface area (Å²) in [6.45, 7) is 17.3. The van der Waals surface area contributed by atoms with Crippen molar-refractivity contribution in [3.63, 3.8) is 0 Å². The van der Waals surface area contributed by atoms with Gasteiger partial charge in [-0.15, -0.1) is 5.11 Å². The Bertz CT molecular complexity index is 597. The van der Waals surface area contributed by atoms with Crippen molar-refractivity contribution in [3.8, 4) is 0 Å². The van der Waals surface area contributed by atoms with Gasteiger partial charge in [-0.25, -0.2) is 0 Å². The molecule has 0 aromatic carbocycles. The van der Waals surface area contributed by atoms with Gasteiger partial charge < -0.3 is 25.8 Å². The minimum Gasteiger partial charge on any atom is -0.390 e. The Hall–Kier alpha value is -2.16. The normalized spacial score (nSPS) is 16.3. The largest absolute Gasteiger partial charge is 0.390 e. The Labute approximate surface area is 189 Å². The topological polar surface area (TPSA) is 75.7 Å². The molecule has 0 amide bonds. The van der Waals surface area contributed by atoms with Crippen LogP contribution < -0.4 is 11.1 Å². The molecule has 1 aliphatic heterocycles. The molecule has 0 aliphatic carbocycles. The molecule has 0 aromatic heterocycles. The van der Waals surface area contributed by atoms with E-state index in [2.05, 4.69) is 57.0 Å². The van der Waals surface area contributed by atoms with Crippen LogP contribution in [-0.2, 0) is 0 Å². The highest BCUT2D eigenvalue weighted by Gasteiger charge is 2.13. The van der Waals surface area contributed by atoms with E-state index in [4.69, 9.17) is 5.73 Å². The summed E-state index contributed by atoms with van der Waals surface area (Å²) < 4.78 is 0. The molecule has 0 spiro atoms. The van der Waals surface area contributed by atoms with Crippen LogP contribution in [0, 0.1) is 0 Å². The zero-order chi connectivity index (χ0) is 22.9. The van der Waals surface area contributed by atoms with Crippen LogP contribution in [0.1, 0.15) is 26.7 Å². The summed E-state index contributed by atoms with van der Waals surface area (Å²) in [7, 11) is 4.05. The van der Waals surface area contributed by atoms with Crippen molar-refractivity contribution < 1.29 is 0 Å². The first kappa shape index (κ1) is 26.9. The predicted octanol–water partition coefficient (Wildman–Crippen LogP) is 2.63. The summed E-state index contributed by atoms with van der Waals surface area (Å²) >= 11 is 0. The average Bonchev–Trinajstić information content (AvgIpc) is 2.76. The Morgan fingerprint density at radius 3 is 2.55 bits per heavy atom. The number of piperazine rings is 1. The second-order valence-corrected chi connectivity index (χ2v) is 7.81. The molecule has 31 heavy (non-hydrogen) atoms. The summed E-state index contributed by atoms with van der Waals surface area (Å²) in [4.78, 5) is 7.06. The standard InChI is InChI=1S/C23H44N8/c1-6-15-30(17-11-24)16-8-12-25-13-14-26-27-29(5)23(7-2)10-9-22(3)31-20-18-28(4)19-21-31/h7,9-10,13-14,25H,3,6,8,11-12,15-21,24H2,1-2,4-5H3/b10-9-,14-13+,23-7+,27-26-. The number of nitrogens with two attached hydrogens (primary N) is 1. The van der Waals surface area contributed by atoms with Crippen LogP contribution in [0.5, 0.6) is 0 Å². The molecular formula is C23H44N8. The van der Waals surface area contributed by atoms with Gasteiger partial charge >= 0.3 is 0 Å². The molecule has 1 saturated heterocycles. The fraction of sp³-hybridized carbons (Fsp3) is 0.652. The van der Waals surface area contributed by atoms with Crippen LogP contribution >= 0.6 is 0 Å². The highest BCUT2D eigenvalue weighted by Crippen LogP contribution is 2.11. The minimum atomic E-state index is 0.717. The Morgan fingerprint density at radius 2 is 1.90 bits per heavy atom. The second-order valence-electron chi connectivity index (χ2n) is 7.81. The lowest BCUT2D eigenvalue weighted by Crippen LogP contribution is -2.43. The van der Waals surface area contributed by atoms with E-state index in [0.29, 0.717) is 6.54 Å². The van der Waals surface area contributed by atoms with Gasteiger partial charge in [0.2, 0.25) is 0 Å². The maximum Gasteiger partial charge on any atom is 0.0669 e. The first-order valence-electron chi connectivity index (χ1n) is 11.4. The van der Waals surface area contributed by atoms with Crippen molar-refractivity contribution in [1.82, 2.24) is 25.0 Å². The van der Waals surface area contributed by atoms with Gasteiger partial charge in [-0.05, 0) is 52.1 Å². The molecule has 1 aliphatic rings. The number of rotatable bonds is 15. The van der Waals surface area contributed by atoms with Gasteiger partial charge in [0.15, 0.2) is 0 Å². The van der Waals surface area contributed by atoms with Crippen LogP contribution in [0.3, 0.4) is 0 Å². The first-order chi connectivity index (χ1) is 15.0. The number of hydrogen-bond donors (Lipinski definition) is 2. The van der Waals surface area contributed by atoms with Crippen LogP contribution in [0.4, 0.5) is 0 Å². The van der Waals surface area contributed by atoms with Gasteiger partial charge in [-0.3, -0.25) is 5.01 Å². The molecule has 8 nitrogen and oxygen atoms in total. The zero-order valence-corrected chi connectivity index (χ0v) is 20.1. The fourth-order valence-electron chi connectivity index (χ4n) is 3.34. The third kappa shape index (κ3) is 11.7. The molecule has 0 atom stereocenters. The molecule has 1 rings (SSSR count). The molecule has 3 N–H and O–H groups in total. The highest BCUT2D eigenvalue weighted by molar-refractivity contribution is 5.24. The van der Waals surface area contributed by atoms with Gasteiger partial charge in [0.25, 0.3) is 0 Å².